The van der Waals surface area contributed by atoms with Crippen molar-refractivity contribution in [2.24, 2.45) is 5.92 Å². The molecule has 1 fully saturated rings. The maximum absolute atomic E-state index is 15.2. The number of piperidine rings is 1. The fourth-order valence-electron chi connectivity index (χ4n) is 3.52. The van der Waals surface area contributed by atoms with E-state index >= 15 is 4.39 Å². The predicted octanol–water partition coefficient (Wildman–Crippen LogP) is 4.50. The predicted molar refractivity (Wildman–Crippen MR) is 96.5 cm³/mol. The van der Waals surface area contributed by atoms with Gasteiger partial charge in [-0.3, -0.25) is 0 Å². The molecule has 3 rings (SSSR count). The van der Waals surface area contributed by atoms with Crippen molar-refractivity contribution in [2.75, 3.05) is 31.6 Å². The van der Waals surface area contributed by atoms with Crippen LogP contribution in [-0.2, 0) is 0 Å². The Balaban J connectivity index is 1.92. The van der Waals surface area contributed by atoms with Gasteiger partial charge in [0.05, 0.1) is 5.69 Å². The highest BCUT2D eigenvalue weighted by Gasteiger charge is 2.27. The standard InChI is InChI=1S/C20H24F2N2O/c1-14-11-17(21)20(25-16-8-4-3-5-9-16)18(22)19(14)24-10-6-7-15(13-24)12-23-2/h3-5,8-9,11,15,23H,6-7,10,12-13H2,1-2H3/t15-/m0/s1. The summed E-state index contributed by atoms with van der Waals surface area (Å²) in [4.78, 5) is 2.02. The molecule has 25 heavy (non-hydrogen) atoms. The van der Waals surface area contributed by atoms with Gasteiger partial charge in [0.15, 0.2) is 11.6 Å². The van der Waals surface area contributed by atoms with E-state index in [0.29, 0.717) is 22.9 Å². The molecule has 0 amide bonds. The van der Waals surface area contributed by atoms with Gasteiger partial charge < -0.3 is 15.0 Å². The van der Waals surface area contributed by atoms with Crippen molar-refractivity contribution in [1.29, 1.82) is 0 Å². The molecular weight excluding hydrogens is 322 g/mol. The van der Waals surface area contributed by atoms with Gasteiger partial charge in [-0.1, -0.05) is 18.2 Å². The molecule has 2 aromatic rings. The van der Waals surface area contributed by atoms with Gasteiger partial charge in [0.25, 0.3) is 0 Å². The zero-order valence-corrected chi connectivity index (χ0v) is 14.7. The molecule has 0 aromatic heterocycles. The topological polar surface area (TPSA) is 24.5 Å². The molecule has 2 aromatic carbocycles. The monoisotopic (exact) mass is 346 g/mol. The average Bonchev–Trinajstić information content (AvgIpc) is 2.60. The molecule has 134 valence electrons. The van der Waals surface area contributed by atoms with Crippen molar-refractivity contribution >= 4 is 5.69 Å². The van der Waals surface area contributed by atoms with Crippen LogP contribution in [0.25, 0.3) is 0 Å². The Hall–Kier alpha value is -2.14. The third-order valence-corrected chi connectivity index (χ3v) is 4.63. The highest BCUT2D eigenvalue weighted by atomic mass is 19.1. The molecule has 0 saturated carbocycles. The Morgan fingerprint density at radius 3 is 2.72 bits per heavy atom. The minimum atomic E-state index is -0.675. The van der Waals surface area contributed by atoms with Crippen LogP contribution in [0.1, 0.15) is 18.4 Å². The third-order valence-electron chi connectivity index (χ3n) is 4.63. The van der Waals surface area contributed by atoms with Crippen molar-refractivity contribution < 1.29 is 13.5 Å². The Labute approximate surface area is 147 Å². The first-order valence-corrected chi connectivity index (χ1v) is 8.71. The van der Waals surface area contributed by atoms with Gasteiger partial charge in [0.1, 0.15) is 5.75 Å². The molecule has 5 heteroatoms. The molecular formula is C20H24F2N2O. The van der Waals surface area contributed by atoms with E-state index in [4.69, 9.17) is 4.74 Å². The largest absolute Gasteiger partial charge is 0.451 e. The van der Waals surface area contributed by atoms with E-state index in [1.165, 1.54) is 6.07 Å². The van der Waals surface area contributed by atoms with Crippen LogP contribution in [0.4, 0.5) is 14.5 Å². The first-order valence-electron chi connectivity index (χ1n) is 8.71. The zero-order valence-electron chi connectivity index (χ0n) is 14.7. The van der Waals surface area contributed by atoms with E-state index in [9.17, 15) is 4.39 Å². The van der Waals surface area contributed by atoms with Crippen LogP contribution in [-0.4, -0.2) is 26.7 Å². The van der Waals surface area contributed by atoms with Crippen LogP contribution in [0.3, 0.4) is 0 Å². The molecule has 1 aliphatic heterocycles. The number of aryl methyl sites for hydroxylation is 1. The minimum absolute atomic E-state index is 0.331. The number of benzene rings is 2. The number of ether oxygens (including phenoxy) is 1. The first-order chi connectivity index (χ1) is 12.1. The van der Waals surface area contributed by atoms with Crippen LogP contribution in [0.5, 0.6) is 11.5 Å². The molecule has 1 aliphatic rings. The quantitative estimate of drug-likeness (QED) is 0.863. The molecule has 0 aliphatic carbocycles. The fourth-order valence-corrected chi connectivity index (χ4v) is 3.52. The van der Waals surface area contributed by atoms with Crippen LogP contribution >= 0.6 is 0 Å². The second kappa shape index (κ2) is 7.83. The second-order valence-corrected chi connectivity index (χ2v) is 6.59. The number of hydrogen-bond donors (Lipinski definition) is 1. The SMILES string of the molecule is CNC[C@@H]1CCCN(c2c(C)cc(F)c(Oc3ccccc3)c2F)C1. The third kappa shape index (κ3) is 3.93. The van der Waals surface area contributed by atoms with Crippen molar-refractivity contribution in [1.82, 2.24) is 5.32 Å². The lowest BCUT2D eigenvalue weighted by Gasteiger charge is -2.35. The van der Waals surface area contributed by atoms with E-state index < -0.39 is 11.6 Å². The minimum Gasteiger partial charge on any atom is -0.451 e. The van der Waals surface area contributed by atoms with Crippen LogP contribution in [0.2, 0.25) is 0 Å². The molecule has 1 N–H and O–H groups in total. The first kappa shape index (κ1) is 17.7. The Morgan fingerprint density at radius 1 is 1.24 bits per heavy atom. The van der Waals surface area contributed by atoms with Crippen LogP contribution in [0.15, 0.2) is 36.4 Å². The Bertz CT molecular complexity index is 719. The lowest BCUT2D eigenvalue weighted by Crippen LogP contribution is -2.39. The molecule has 0 unspecified atom stereocenters. The Kier molecular flexibility index (Phi) is 5.53. The molecule has 1 heterocycles. The number of rotatable bonds is 5. The van der Waals surface area contributed by atoms with Gasteiger partial charge in [-0.2, -0.15) is 0 Å². The van der Waals surface area contributed by atoms with E-state index in [0.717, 1.165) is 32.5 Å². The van der Waals surface area contributed by atoms with Gasteiger partial charge in [0.2, 0.25) is 5.75 Å². The highest BCUT2D eigenvalue weighted by Crippen LogP contribution is 2.37. The molecule has 3 nitrogen and oxygen atoms in total. The summed E-state index contributed by atoms with van der Waals surface area (Å²) in [5.41, 5.74) is 1.05. The number of anilines is 1. The normalized spacial score (nSPS) is 17.6. The van der Waals surface area contributed by atoms with Gasteiger partial charge in [-0.25, -0.2) is 8.78 Å². The molecule has 0 bridgehead atoms. The van der Waals surface area contributed by atoms with Crippen LogP contribution in [0, 0.1) is 24.5 Å². The second-order valence-electron chi connectivity index (χ2n) is 6.59. The number of para-hydroxylation sites is 1. The molecule has 1 saturated heterocycles. The van der Waals surface area contributed by atoms with Gasteiger partial charge in [0, 0.05) is 13.1 Å². The summed E-state index contributed by atoms with van der Waals surface area (Å²) in [6, 6.07) is 10.1. The summed E-state index contributed by atoms with van der Waals surface area (Å²) in [6.45, 7) is 4.17. The fraction of sp³-hybridized carbons (Fsp3) is 0.400. The maximum Gasteiger partial charge on any atom is 0.200 e. The summed E-state index contributed by atoms with van der Waals surface area (Å²) in [5, 5.41) is 3.19. The number of nitrogens with one attached hydrogen (secondary N) is 1. The van der Waals surface area contributed by atoms with Crippen molar-refractivity contribution in [3.63, 3.8) is 0 Å². The van der Waals surface area contributed by atoms with E-state index in [1.54, 1.807) is 31.2 Å². The van der Waals surface area contributed by atoms with Crippen LogP contribution < -0.4 is 15.0 Å². The Morgan fingerprint density at radius 2 is 2.00 bits per heavy atom. The molecule has 1 atom stereocenters. The maximum atomic E-state index is 15.2. The lowest BCUT2D eigenvalue weighted by atomic mass is 9.96. The summed E-state index contributed by atoms with van der Waals surface area (Å²) in [7, 11) is 1.93. The summed E-state index contributed by atoms with van der Waals surface area (Å²) < 4.78 is 35.0. The average molecular weight is 346 g/mol. The summed E-state index contributed by atoms with van der Waals surface area (Å²) in [6.07, 6.45) is 2.12. The lowest BCUT2D eigenvalue weighted by molar-refractivity contribution is 0.388. The van der Waals surface area contributed by atoms with Gasteiger partial charge in [-0.15, -0.1) is 0 Å². The highest BCUT2D eigenvalue weighted by molar-refractivity contribution is 5.59. The zero-order chi connectivity index (χ0) is 17.8. The number of halogens is 2. The summed E-state index contributed by atoms with van der Waals surface area (Å²) in [5.74, 6) is -0.747. The smallest absolute Gasteiger partial charge is 0.200 e. The van der Waals surface area contributed by atoms with E-state index in [1.807, 2.05) is 18.0 Å². The van der Waals surface area contributed by atoms with Gasteiger partial charge >= 0.3 is 0 Å². The van der Waals surface area contributed by atoms with E-state index in [-0.39, 0.29) is 5.75 Å². The van der Waals surface area contributed by atoms with Gasteiger partial charge in [-0.05, 0) is 63.0 Å². The number of nitrogens with zero attached hydrogens (tertiary/aromatic N) is 1. The molecule has 0 spiro atoms. The molecule has 0 radical (unpaired) electrons. The van der Waals surface area contributed by atoms with Crippen molar-refractivity contribution in [3.05, 3.63) is 53.6 Å². The number of hydrogen-bond acceptors (Lipinski definition) is 3. The van der Waals surface area contributed by atoms with Crippen molar-refractivity contribution in [3.8, 4) is 11.5 Å². The van der Waals surface area contributed by atoms with Crippen molar-refractivity contribution in [2.45, 2.75) is 19.8 Å². The summed E-state index contributed by atoms with van der Waals surface area (Å²) >= 11 is 0. The van der Waals surface area contributed by atoms with E-state index in [2.05, 4.69) is 5.32 Å².